The summed E-state index contributed by atoms with van der Waals surface area (Å²) in [6.07, 6.45) is 0.785. The van der Waals surface area contributed by atoms with Crippen molar-refractivity contribution in [3.63, 3.8) is 0 Å². The predicted molar refractivity (Wildman–Crippen MR) is 66.7 cm³/mol. The van der Waals surface area contributed by atoms with Gasteiger partial charge in [-0.2, -0.15) is 0 Å². The molecule has 1 heterocycles. The van der Waals surface area contributed by atoms with Crippen LogP contribution in [0.2, 0.25) is 0 Å². The standard InChI is InChI=1S/C11H19N3O6/c1-2-3-12-10(17)8-6-19-5-4-14(8)11(18)13-20-7-9(15)16/h8H,2-7H2,1H3,(H,12,17)(H,13,18)(H,15,16). The molecule has 1 atom stereocenters. The molecule has 3 amide bonds. The molecule has 0 spiro atoms. The number of hydrogen-bond acceptors (Lipinski definition) is 5. The molecule has 1 fully saturated rings. The maximum absolute atomic E-state index is 11.9. The van der Waals surface area contributed by atoms with Gasteiger partial charge in [-0.05, 0) is 6.42 Å². The Labute approximate surface area is 116 Å². The van der Waals surface area contributed by atoms with Crippen LogP contribution >= 0.6 is 0 Å². The number of urea groups is 1. The first-order valence-corrected chi connectivity index (χ1v) is 6.32. The number of rotatable bonds is 6. The van der Waals surface area contributed by atoms with E-state index in [9.17, 15) is 14.4 Å². The molecule has 114 valence electrons. The lowest BCUT2D eigenvalue weighted by Gasteiger charge is -2.34. The number of carbonyl (C=O) groups is 3. The van der Waals surface area contributed by atoms with Gasteiger partial charge in [-0.25, -0.2) is 15.1 Å². The average molecular weight is 289 g/mol. The number of nitrogens with one attached hydrogen (secondary N) is 2. The SMILES string of the molecule is CCCNC(=O)C1COCCN1C(=O)NOCC(=O)O. The molecular formula is C11H19N3O6. The molecular weight excluding hydrogens is 270 g/mol. The third-order valence-corrected chi connectivity index (χ3v) is 2.60. The second-order valence-electron chi connectivity index (χ2n) is 4.16. The van der Waals surface area contributed by atoms with Gasteiger partial charge in [-0.1, -0.05) is 6.92 Å². The predicted octanol–water partition coefficient (Wildman–Crippen LogP) is -1.06. The van der Waals surface area contributed by atoms with E-state index in [0.29, 0.717) is 13.2 Å². The van der Waals surface area contributed by atoms with E-state index in [2.05, 4.69) is 10.2 Å². The van der Waals surface area contributed by atoms with Crippen molar-refractivity contribution < 1.29 is 29.1 Å². The van der Waals surface area contributed by atoms with E-state index in [4.69, 9.17) is 9.84 Å². The zero-order chi connectivity index (χ0) is 15.0. The van der Waals surface area contributed by atoms with Crippen LogP contribution in [0.5, 0.6) is 0 Å². The van der Waals surface area contributed by atoms with Crippen LogP contribution in [-0.2, 0) is 19.2 Å². The quantitative estimate of drug-likeness (QED) is 0.536. The zero-order valence-electron chi connectivity index (χ0n) is 11.3. The highest BCUT2D eigenvalue weighted by atomic mass is 16.7. The molecule has 1 aliphatic heterocycles. The molecule has 0 aromatic heterocycles. The summed E-state index contributed by atoms with van der Waals surface area (Å²) in [6.45, 7) is 2.42. The van der Waals surface area contributed by atoms with Crippen LogP contribution in [0.1, 0.15) is 13.3 Å². The van der Waals surface area contributed by atoms with E-state index in [1.165, 1.54) is 4.90 Å². The molecule has 0 radical (unpaired) electrons. The monoisotopic (exact) mass is 289 g/mol. The average Bonchev–Trinajstić information content (AvgIpc) is 2.44. The number of morpholine rings is 1. The molecule has 1 rings (SSSR count). The van der Waals surface area contributed by atoms with Gasteiger partial charge in [0.05, 0.1) is 13.2 Å². The summed E-state index contributed by atoms with van der Waals surface area (Å²) in [7, 11) is 0. The molecule has 3 N–H and O–H groups in total. The molecule has 9 nitrogen and oxygen atoms in total. The summed E-state index contributed by atoms with van der Waals surface area (Å²) in [5.41, 5.74) is 2.00. The number of carboxylic acids is 1. The van der Waals surface area contributed by atoms with E-state index < -0.39 is 24.6 Å². The normalized spacial score (nSPS) is 18.4. The highest BCUT2D eigenvalue weighted by molar-refractivity contribution is 5.87. The fraction of sp³-hybridized carbons (Fsp3) is 0.727. The number of carbonyl (C=O) groups excluding carboxylic acids is 2. The highest BCUT2D eigenvalue weighted by Crippen LogP contribution is 2.07. The van der Waals surface area contributed by atoms with Crippen molar-refractivity contribution >= 4 is 17.9 Å². The molecule has 1 aliphatic rings. The highest BCUT2D eigenvalue weighted by Gasteiger charge is 2.32. The van der Waals surface area contributed by atoms with Crippen LogP contribution in [0, 0.1) is 0 Å². The number of hydrogen-bond donors (Lipinski definition) is 3. The number of amides is 3. The summed E-state index contributed by atoms with van der Waals surface area (Å²) in [5.74, 6) is -1.51. The summed E-state index contributed by atoms with van der Waals surface area (Å²) in [6, 6.07) is -1.41. The van der Waals surface area contributed by atoms with Gasteiger partial charge in [0.15, 0.2) is 6.61 Å². The van der Waals surface area contributed by atoms with E-state index in [1.54, 1.807) is 0 Å². The third kappa shape index (κ3) is 5.02. The maximum Gasteiger partial charge on any atom is 0.342 e. The van der Waals surface area contributed by atoms with Gasteiger partial charge in [-0.15, -0.1) is 0 Å². The first-order chi connectivity index (χ1) is 9.56. The number of aliphatic carboxylic acids is 1. The van der Waals surface area contributed by atoms with Crippen molar-refractivity contribution in [3.8, 4) is 0 Å². The van der Waals surface area contributed by atoms with Crippen LogP contribution in [0.25, 0.3) is 0 Å². The Hall–Kier alpha value is -1.87. The van der Waals surface area contributed by atoms with Gasteiger partial charge in [0.1, 0.15) is 6.04 Å². The summed E-state index contributed by atoms with van der Waals surface area (Å²) in [4.78, 5) is 39.8. The van der Waals surface area contributed by atoms with Crippen LogP contribution in [0.3, 0.4) is 0 Å². The van der Waals surface area contributed by atoms with E-state index >= 15 is 0 Å². The van der Waals surface area contributed by atoms with Gasteiger partial charge >= 0.3 is 12.0 Å². The van der Waals surface area contributed by atoms with Crippen LogP contribution in [0.4, 0.5) is 4.79 Å². The van der Waals surface area contributed by atoms with Crippen molar-refractivity contribution in [2.24, 2.45) is 0 Å². The Balaban J connectivity index is 2.52. The van der Waals surface area contributed by atoms with E-state index in [-0.39, 0.29) is 19.1 Å². The summed E-state index contributed by atoms with van der Waals surface area (Å²) < 4.78 is 5.19. The first-order valence-electron chi connectivity index (χ1n) is 6.32. The van der Waals surface area contributed by atoms with Gasteiger partial charge in [0.2, 0.25) is 5.91 Å². The van der Waals surface area contributed by atoms with Gasteiger partial charge < -0.3 is 20.1 Å². The van der Waals surface area contributed by atoms with Crippen molar-refractivity contribution in [1.29, 1.82) is 0 Å². The second kappa shape index (κ2) is 8.33. The second-order valence-corrected chi connectivity index (χ2v) is 4.16. The minimum absolute atomic E-state index is 0.0991. The van der Waals surface area contributed by atoms with Crippen molar-refractivity contribution in [3.05, 3.63) is 0 Å². The zero-order valence-corrected chi connectivity index (χ0v) is 11.3. The largest absolute Gasteiger partial charge is 0.479 e. The van der Waals surface area contributed by atoms with Crippen molar-refractivity contribution in [1.82, 2.24) is 15.7 Å². The fourth-order valence-electron chi connectivity index (χ4n) is 1.65. The number of carboxylic acid groups (broad SMARTS) is 1. The summed E-state index contributed by atoms with van der Waals surface area (Å²) in [5, 5.41) is 11.1. The number of nitrogens with zero attached hydrogens (tertiary/aromatic N) is 1. The number of hydroxylamine groups is 1. The van der Waals surface area contributed by atoms with E-state index in [1.807, 2.05) is 12.4 Å². The Morgan fingerprint density at radius 2 is 2.20 bits per heavy atom. The van der Waals surface area contributed by atoms with Gasteiger partial charge in [0, 0.05) is 13.1 Å². The first kappa shape index (κ1) is 16.2. The molecule has 0 saturated carbocycles. The molecule has 0 aromatic rings. The molecule has 1 unspecified atom stereocenters. The Morgan fingerprint density at radius 1 is 1.45 bits per heavy atom. The smallest absolute Gasteiger partial charge is 0.342 e. The Kier molecular flexibility index (Phi) is 6.74. The minimum atomic E-state index is -1.20. The molecule has 0 bridgehead atoms. The topological polar surface area (TPSA) is 117 Å². The lowest BCUT2D eigenvalue weighted by Crippen LogP contribution is -2.58. The van der Waals surface area contributed by atoms with Crippen LogP contribution in [-0.4, -0.2) is 66.9 Å². The van der Waals surface area contributed by atoms with E-state index in [0.717, 1.165) is 6.42 Å². The fourth-order valence-corrected chi connectivity index (χ4v) is 1.65. The van der Waals surface area contributed by atoms with Crippen molar-refractivity contribution in [2.45, 2.75) is 19.4 Å². The summed E-state index contributed by atoms with van der Waals surface area (Å²) >= 11 is 0. The lowest BCUT2D eigenvalue weighted by atomic mass is 10.2. The number of ether oxygens (including phenoxy) is 1. The van der Waals surface area contributed by atoms with Crippen LogP contribution in [0.15, 0.2) is 0 Å². The van der Waals surface area contributed by atoms with Gasteiger partial charge in [-0.3, -0.25) is 9.63 Å². The Bertz CT molecular complexity index is 362. The molecule has 0 aliphatic carbocycles. The molecule has 0 aromatic carbocycles. The maximum atomic E-state index is 11.9. The molecule has 9 heteroatoms. The van der Waals surface area contributed by atoms with Crippen molar-refractivity contribution in [2.75, 3.05) is 32.9 Å². The minimum Gasteiger partial charge on any atom is -0.479 e. The lowest BCUT2D eigenvalue weighted by molar-refractivity contribution is -0.144. The van der Waals surface area contributed by atoms with Gasteiger partial charge in [0.25, 0.3) is 0 Å². The Morgan fingerprint density at radius 3 is 2.85 bits per heavy atom. The third-order valence-electron chi connectivity index (χ3n) is 2.60. The molecule has 1 saturated heterocycles. The van der Waals surface area contributed by atoms with Crippen LogP contribution < -0.4 is 10.8 Å². The molecule has 20 heavy (non-hydrogen) atoms.